The van der Waals surface area contributed by atoms with Gasteiger partial charge in [0.15, 0.2) is 11.9 Å². The summed E-state index contributed by atoms with van der Waals surface area (Å²) in [5.74, 6) is 2.70. The third kappa shape index (κ3) is 5.51. The van der Waals surface area contributed by atoms with Crippen molar-refractivity contribution in [2.75, 3.05) is 6.61 Å². The molecule has 0 amide bonds. The van der Waals surface area contributed by atoms with Gasteiger partial charge < -0.3 is 14.0 Å². The van der Waals surface area contributed by atoms with Crippen LogP contribution in [0, 0.1) is 20.8 Å². The van der Waals surface area contributed by atoms with Crippen molar-refractivity contribution in [3.63, 3.8) is 0 Å². The summed E-state index contributed by atoms with van der Waals surface area (Å²) in [6.45, 7) is 9.76. The Morgan fingerprint density at radius 2 is 1.76 bits per heavy atom. The number of fused-ring (bicyclic) bond motifs is 1. The molecule has 0 aliphatic rings. The van der Waals surface area contributed by atoms with E-state index in [0.717, 1.165) is 58.3 Å². The van der Waals surface area contributed by atoms with Crippen LogP contribution in [0.4, 0.5) is 0 Å². The Balaban J connectivity index is 1.44. The monoisotopic (exact) mass is 462 g/mol. The normalized spacial score (nSPS) is 12.2. The third-order valence-electron chi connectivity index (χ3n) is 5.87. The van der Waals surface area contributed by atoms with Gasteiger partial charge in [0.25, 0.3) is 0 Å². The number of nitrogens with zero attached hydrogens (tertiary/aromatic N) is 2. The van der Waals surface area contributed by atoms with Gasteiger partial charge in [-0.1, -0.05) is 35.9 Å². The zero-order valence-corrected chi connectivity index (χ0v) is 20.5. The maximum atomic E-state index is 6.25. The minimum absolute atomic E-state index is 0.191. The highest BCUT2D eigenvalue weighted by Crippen LogP contribution is 2.28. The van der Waals surface area contributed by atoms with Crippen molar-refractivity contribution in [3.05, 3.63) is 88.2 Å². The van der Waals surface area contributed by atoms with Crippen molar-refractivity contribution in [2.24, 2.45) is 0 Å². The van der Waals surface area contributed by atoms with Gasteiger partial charge in [-0.2, -0.15) is 0 Å². The second-order valence-electron chi connectivity index (χ2n) is 8.61. The standard InChI is InChI=1S/C28H31ClN2O2/c1-19-11-12-20(2)27(17-19)32-16-8-7-15-31-26-10-6-5-9-25(26)30-28(31)22(4)33-23-13-14-24(29)21(3)18-23/h5-6,9-14,17-18,22H,7-8,15-16H2,1-4H3. The number of imidazole rings is 1. The minimum atomic E-state index is -0.191. The summed E-state index contributed by atoms with van der Waals surface area (Å²) in [5, 5.41) is 0.741. The second kappa shape index (κ2) is 10.3. The number of aromatic nitrogens is 2. The van der Waals surface area contributed by atoms with E-state index in [1.54, 1.807) is 0 Å². The number of benzene rings is 3. The number of para-hydroxylation sites is 2. The van der Waals surface area contributed by atoms with Crippen LogP contribution in [0.1, 0.15) is 48.4 Å². The van der Waals surface area contributed by atoms with Gasteiger partial charge in [0.2, 0.25) is 0 Å². The molecule has 4 aromatic rings. The summed E-state index contributed by atoms with van der Waals surface area (Å²) in [6, 6.07) is 20.3. The maximum Gasteiger partial charge on any atom is 0.153 e. The molecule has 4 nitrogen and oxygen atoms in total. The van der Waals surface area contributed by atoms with Crippen LogP contribution < -0.4 is 9.47 Å². The summed E-state index contributed by atoms with van der Waals surface area (Å²) in [7, 11) is 0. The van der Waals surface area contributed by atoms with Gasteiger partial charge in [0, 0.05) is 11.6 Å². The zero-order valence-electron chi connectivity index (χ0n) is 19.8. The van der Waals surface area contributed by atoms with E-state index in [2.05, 4.69) is 54.8 Å². The average molecular weight is 463 g/mol. The van der Waals surface area contributed by atoms with Crippen molar-refractivity contribution in [3.8, 4) is 11.5 Å². The average Bonchev–Trinajstić information content (AvgIpc) is 3.17. The highest BCUT2D eigenvalue weighted by molar-refractivity contribution is 6.31. The van der Waals surface area contributed by atoms with Crippen molar-refractivity contribution in [2.45, 2.75) is 53.2 Å². The Hall–Kier alpha value is -2.98. The molecule has 1 atom stereocenters. The molecule has 0 saturated heterocycles. The third-order valence-corrected chi connectivity index (χ3v) is 6.29. The number of hydrogen-bond donors (Lipinski definition) is 0. The molecule has 1 unspecified atom stereocenters. The van der Waals surface area contributed by atoms with Crippen molar-refractivity contribution in [1.29, 1.82) is 0 Å². The summed E-state index contributed by atoms with van der Waals surface area (Å²) in [5.41, 5.74) is 5.51. The Labute approximate surface area is 201 Å². The number of halogens is 1. The molecule has 0 aliphatic heterocycles. The molecular weight excluding hydrogens is 432 g/mol. The molecule has 1 heterocycles. The van der Waals surface area contributed by atoms with Gasteiger partial charge in [-0.3, -0.25) is 0 Å². The van der Waals surface area contributed by atoms with Crippen molar-refractivity contribution in [1.82, 2.24) is 9.55 Å². The minimum Gasteiger partial charge on any atom is -0.493 e. The van der Waals surface area contributed by atoms with Gasteiger partial charge >= 0.3 is 0 Å². The Morgan fingerprint density at radius 3 is 2.58 bits per heavy atom. The molecule has 5 heteroatoms. The van der Waals surface area contributed by atoms with E-state index in [4.69, 9.17) is 26.1 Å². The molecule has 0 saturated carbocycles. The van der Waals surface area contributed by atoms with Crippen LogP contribution in [0.2, 0.25) is 5.02 Å². The molecule has 0 bridgehead atoms. The number of rotatable bonds is 9. The van der Waals surface area contributed by atoms with Crippen LogP contribution in [0.15, 0.2) is 60.7 Å². The lowest BCUT2D eigenvalue weighted by atomic mass is 10.1. The van der Waals surface area contributed by atoms with Crippen LogP contribution in [-0.4, -0.2) is 16.2 Å². The first-order chi connectivity index (χ1) is 15.9. The van der Waals surface area contributed by atoms with E-state index in [0.29, 0.717) is 6.61 Å². The fraction of sp³-hybridized carbons (Fsp3) is 0.321. The molecule has 33 heavy (non-hydrogen) atoms. The molecule has 0 radical (unpaired) electrons. The zero-order chi connectivity index (χ0) is 23.4. The summed E-state index contributed by atoms with van der Waals surface area (Å²) >= 11 is 6.17. The molecule has 3 aromatic carbocycles. The molecule has 0 N–H and O–H groups in total. The first-order valence-electron chi connectivity index (χ1n) is 11.5. The van der Waals surface area contributed by atoms with Gasteiger partial charge in [0.05, 0.1) is 17.6 Å². The van der Waals surface area contributed by atoms with E-state index < -0.39 is 0 Å². The lowest BCUT2D eigenvalue weighted by molar-refractivity contribution is 0.210. The van der Waals surface area contributed by atoms with E-state index in [1.807, 2.05) is 38.1 Å². The summed E-state index contributed by atoms with van der Waals surface area (Å²) < 4.78 is 14.6. The van der Waals surface area contributed by atoms with Crippen LogP contribution in [0.25, 0.3) is 11.0 Å². The SMILES string of the molecule is Cc1ccc(C)c(OCCCCn2c(C(C)Oc3ccc(Cl)c(C)c3)nc3ccccc32)c1. The van der Waals surface area contributed by atoms with Crippen LogP contribution in [0.5, 0.6) is 11.5 Å². The highest BCUT2D eigenvalue weighted by Gasteiger charge is 2.18. The van der Waals surface area contributed by atoms with Gasteiger partial charge in [-0.05, 0) is 93.6 Å². The number of ether oxygens (including phenoxy) is 2. The van der Waals surface area contributed by atoms with Crippen LogP contribution in [0.3, 0.4) is 0 Å². The molecule has 172 valence electrons. The van der Waals surface area contributed by atoms with E-state index in [9.17, 15) is 0 Å². The maximum absolute atomic E-state index is 6.25. The largest absolute Gasteiger partial charge is 0.493 e. The summed E-state index contributed by atoms with van der Waals surface area (Å²) in [6.07, 6.45) is 1.76. The quantitative estimate of drug-likeness (QED) is 0.240. The van der Waals surface area contributed by atoms with Crippen molar-refractivity contribution >= 4 is 22.6 Å². The lowest BCUT2D eigenvalue weighted by Crippen LogP contribution is -2.13. The molecule has 0 aliphatic carbocycles. The number of unbranched alkanes of at least 4 members (excludes halogenated alkanes) is 1. The Kier molecular flexibility index (Phi) is 7.24. The van der Waals surface area contributed by atoms with Gasteiger partial charge in [-0.15, -0.1) is 0 Å². The molecule has 0 spiro atoms. The van der Waals surface area contributed by atoms with Gasteiger partial charge in [0.1, 0.15) is 11.5 Å². The van der Waals surface area contributed by atoms with E-state index in [-0.39, 0.29) is 6.10 Å². The van der Waals surface area contributed by atoms with Crippen LogP contribution in [-0.2, 0) is 6.54 Å². The number of hydrogen-bond acceptors (Lipinski definition) is 3. The van der Waals surface area contributed by atoms with E-state index >= 15 is 0 Å². The predicted octanol–water partition coefficient (Wildman–Crippen LogP) is 7.61. The van der Waals surface area contributed by atoms with E-state index in [1.165, 1.54) is 11.1 Å². The first-order valence-corrected chi connectivity index (χ1v) is 11.9. The summed E-state index contributed by atoms with van der Waals surface area (Å²) in [4.78, 5) is 4.90. The number of aryl methyl sites for hydroxylation is 4. The first kappa shape index (κ1) is 23.2. The predicted molar refractivity (Wildman–Crippen MR) is 136 cm³/mol. The van der Waals surface area contributed by atoms with Crippen molar-refractivity contribution < 1.29 is 9.47 Å². The topological polar surface area (TPSA) is 36.3 Å². The second-order valence-corrected chi connectivity index (χ2v) is 9.01. The fourth-order valence-corrected chi connectivity index (χ4v) is 4.12. The fourth-order valence-electron chi connectivity index (χ4n) is 4.00. The smallest absolute Gasteiger partial charge is 0.153 e. The lowest BCUT2D eigenvalue weighted by Gasteiger charge is -2.17. The molecule has 1 aromatic heterocycles. The highest BCUT2D eigenvalue weighted by atomic mass is 35.5. The molecule has 0 fully saturated rings. The van der Waals surface area contributed by atoms with Gasteiger partial charge in [-0.25, -0.2) is 4.98 Å². The Morgan fingerprint density at radius 1 is 0.939 bits per heavy atom. The molecule has 4 rings (SSSR count). The Bertz CT molecular complexity index is 1250. The van der Waals surface area contributed by atoms with Crippen LogP contribution >= 0.6 is 11.6 Å². The molecular formula is C28H31ClN2O2.